The SMILES string of the molecule is O=C(CCN1CCN(S(=O)(=O)c2cccc3nsnc23)CC1)Nc1ccc2c(c1)OCCO2. The Morgan fingerprint density at radius 1 is 1.03 bits per heavy atom. The number of ether oxygens (including phenoxy) is 2. The molecule has 12 heteroatoms. The highest BCUT2D eigenvalue weighted by atomic mass is 32.2. The summed E-state index contributed by atoms with van der Waals surface area (Å²) in [5.41, 5.74) is 1.66. The Bertz CT molecular complexity index is 1270. The van der Waals surface area contributed by atoms with E-state index in [0.717, 1.165) is 11.7 Å². The van der Waals surface area contributed by atoms with Crippen LogP contribution in [0.25, 0.3) is 11.0 Å². The number of carbonyl (C=O) groups excluding carboxylic acids is 1. The van der Waals surface area contributed by atoms with E-state index in [4.69, 9.17) is 9.47 Å². The average molecular weight is 490 g/mol. The Kier molecular flexibility index (Phi) is 6.15. The normalized spacial score (nSPS) is 17.2. The van der Waals surface area contributed by atoms with Gasteiger partial charge in [0.2, 0.25) is 15.9 Å². The molecule has 0 bridgehead atoms. The number of carbonyl (C=O) groups is 1. The van der Waals surface area contributed by atoms with Crippen molar-refractivity contribution in [3.05, 3.63) is 36.4 Å². The fraction of sp³-hybridized carbons (Fsp3) is 0.381. The van der Waals surface area contributed by atoms with Gasteiger partial charge in [0.1, 0.15) is 29.1 Å². The molecule has 0 spiro atoms. The van der Waals surface area contributed by atoms with Gasteiger partial charge in [-0.1, -0.05) is 6.07 Å². The van der Waals surface area contributed by atoms with E-state index in [1.807, 2.05) is 0 Å². The van der Waals surface area contributed by atoms with E-state index in [2.05, 4.69) is 19.0 Å². The fourth-order valence-corrected chi connectivity index (χ4v) is 6.10. The molecule has 1 fully saturated rings. The molecular formula is C21H23N5O5S2. The molecule has 1 N–H and O–H groups in total. The highest BCUT2D eigenvalue weighted by molar-refractivity contribution is 7.89. The molecule has 1 saturated heterocycles. The minimum atomic E-state index is -3.65. The number of amides is 1. The van der Waals surface area contributed by atoms with E-state index in [-0.39, 0.29) is 10.8 Å². The van der Waals surface area contributed by atoms with Crippen molar-refractivity contribution >= 4 is 44.4 Å². The van der Waals surface area contributed by atoms with Crippen molar-refractivity contribution in [3.8, 4) is 11.5 Å². The highest BCUT2D eigenvalue weighted by Gasteiger charge is 2.30. The number of hydrogen-bond donors (Lipinski definition) is 1. The van der Waals surface area contributed by atoms with Gasteiger partial charge in [-0.25, -0.2) is 8.42 Å². The van der Waals surface area contributed by atoms with Crippen LogP contribution in [0.15, 0.2) is 41.3 Å². The minimum absolute atomic E-state index is 0.107. The first kappa shape index (κ1) is 22.0. The van der Waals surface area contributed by atoms with Crippen molar-refractivity contribution in [1.82, 2.24) is 18.0 Å². The minimum Gasteiger partial charge on any atom is -0.486 e. The molecule has 0 unspecified atom stereocenters. The smallest absolute Gasteiger partial charge is 0.245 e. The zero-order valence-corrected chi connectivity index (χ0v) is 19.4. The van der Waals surface area contributed by atoms with Gasteiger partial charge in [0, 0.05) is 50.9 Å². The first-order chi connectivity index (χ1) is 16.0. The van der Waals surface area contributed by atoms with Gasteiger partial charge in [0.05, 0.1) is 11.7 Å². The number of anilines is 1. The van der Waals surface area contributed by atoms with E-state index in [1.165, 1.54) is 4.31 Å². The number of nitrogens with one attached hydrogen (secondary N) is 1. The van der Waals surface area contributed by atoms with Crippen molar-refractivity contribution < 1.29 is 22.7 Å². The zero-order chi connectivity index (χ0) is 22.8. The largest absolute Gasteiger partial charge is 0.486 e. The molecule has 10 nitrogen and oxygen atoms in total. The second-order valence-electron chi connectivity index (χ2n) is 7.79. The monoisotopic (exact) mass is 489 g/mol. The molecule has 3 heterocycles. The van der Waals surface area contributed by atoms with Gasteiger partial charge >= 0.3 is 0 Å². The van der Waals surface area contributed by atoms with Crippen LogP contribution in [0.5, 0.6) is 11.5 Å². The lowest BCUT2D eigenvalue weighted by Gasteiger charge is -2.33. The maximum Gasteiger partial charge on any atom is 0.245 e. The van der Waals surface area contributed by atoms with Crippen LogP contribution in [0.3, 0.4) is 0 Å². The Morgan fingerprint density at radius 2 is 1.82 bits per heavy atom. The molecule has 5 rings (SSSR count). The molecule has 1 amide bonds. The topological polar surface area (TPSA) is 114 Å². The van der Waals surface area contributed by atoms with E-state index in [9.17, 15) is 13.2 Å². The summed E-state index contributed by atoms with van der Waals surface area (Å²) < 4.78 is 47.1. The predicted octanol–water partition coefficient (Wildman–Crippen LogP) is 1.80. The number of nitrogens with zero attached hydrogens (tertiary/aromatic N) is 4. The van der Waals surface area contributed by atoms with Crippen LogP contribution in [-0.4, -0.2) is 78.2 Å². The highest BCUT2D eigenvalue weighted by Crippen LogP contribution is 2.32. The van der Waals surface area contributed by atoms with Gasteiger partial charge in [0.25, 0.3) is 0 Å². The van der Waals surface area contributed by atoms with Gasteiger partial charge in [0.15, 0.2) is 11.5 Å². The number of hydrogen-bond acceptors (Lipinski definition) is 9. The van der Waals surface area contributed by atoms with Crippen LogP contribution >= 0.6 is 11.7 Å². The third-order valence-electron chi connectivity index (χ3n) is 5.68. The Morgan fingerprint density at radius 3 is 2.64 bits per heavy atom. The second-order valence-corrected chi connectivity index (χ2v) is 10.2. The third-order valence-corrected chi connectivity index (χ3v) is 8.15. The lowest BCUT2D eigenvalue weighted by Crippen LogP contribution is -2.49. The average Bonchev–Trinajstić information content (AvgIpc) is 3.32. The van der Waals surface area contributed by atoms with E-state index in [0.29, 0.717) is 80.6 Å². The summed E-state index contributed by atoms with van der Waals surface area (Å²) in [6, 6.07) is 10.3. The summed E-state index contributed by atoms with van der Waals surface area (Å²) in [6.45, 7) is 3.40. The molecule has 2 aliphatic heterocycles. The van der Waals surface area contributed by atoms with Gasteiger partial charge in [-0.15, -0.1) is 0 Å². The quantitative estimate of drug-likeness (QED) is 0.558. The van der Waals surface area contributed by atoms with Crippen LogP contribution in [0.4, 0.5) is 5.69 Å². The van der Waals surface area contributed by atoms with Gasteiger partial charge in [-0.05, 0) is 24.3 Å². The lowest BCUT2D eigenvalue weighted by atomic mass is 10.2. The molecule has 0 radical (unpaired) electrons. The molecular weight excluding hydrogens is 466 g/mol. The molecule has 0 saturated carbocycles. The first-order valence-electron chi connectivity index (χ1n) is 10.6. The van der Waals surface area contributed by atoms with Crippen molar-refractivity contribution in [2.75, 3.05) is 51.3 Å². The number of benzene rings is 2. The lowest BCUT2D eigenvalue weighted by molar-refractivity contribution is -0.116. The summed E-state index contributed by atoms with van der Waals surface area (Å²) >= 11 is 1.00. The zero-order valence-electron chi connectivity index (χ0n) is 17.8. The maximum absolute atomic E-state index is 13.1. The Balaban J connectivity index is 1.13. The first-order valence-corrected chi connectivity index (χ1v) is 12.8. The van der Waals surface area contributed by atoms with Crippen molar-refractivity contribution in [1.29, 1.82) is 0 Å². The maximum atomic E-state index is 13.1. The molecule has 3 aromatic rings. The number of rotatable bonds is 6. The molecule has 0 atom stereocenters. The van der Waals surface area contributed by atoms with Crippen LogP contribution in [0.1, 0.15) is 6.42 Å². The van der Waals surface area contributed by atoms with E-state index >= 15 is 0 Å². The van der Waals surface area contributed by atoms with Crippen LogP contribution in [-0.2, 0) is 14.8 Å². The number of piperazine rings is 1. The third kappa shape index (κ3) is 4.64. The molecule has 2 aromatic carbocycles. The molecule has 2 aliphatic rings. The fourth-order valence-electron chi connectivity index (χ4n) is 3.93. The number of aromatic nitrogens is 2. The van der Waals surface area contributed by atoms with Crippen molar-refractivity contribution in [2.45, 2.75) is 11.3 Å². The standard InChI is InChI=1S/C21H23N5O5S2/c27-20(22-15-4-5-17-18(14-15)31-13-12-30-17)6-7-25-8-10-26(11-9-25)33(28,29)19-3-1-2-16-21(19)24-32-23-16/h1-5,14H,6-13H2,(H,22,27). The molecule has 1 aromatic heterocycles. The summed E-state index contributed by atoms with van der Waals surface area (Å²) in [6.07, 6.45) is 0.311. The predicted molar refractivity (Wildman–Crippen MR) is 123 cm³/mol. The number of fused-ring (bicyclic) bond motifs is 2. The molecule has 174 valence electrons. The van der Waals surface area contributed by atoms with Gasteiger partial charge < -0.3 is 19.7 Å². The van der Waals surface area contributed by atoms with Crippen LogP contribution in [0.2, 0.25) is 0 Å². The van der Waals surface area contributed by atoms with Crippen molar-refractivity contribution in [2.24, 2.45) is 0 Å². The van der Waals surface area contributed by atoms with Crippen molar-refractivity contribution in [3.63, 3.8) is 0 Å². The Hall–Kier alpha value is -2.80. The summed E-state index contributed by atoms with van der Waals surface area (Å²) in [4.78, 5) is 14.7. The van der Waals surface area contributed by atoms with Crippen LogP contribution in [0, 0.1) is 0 Å². The van der Waals surface area contributed by atoms with Gasteiger partial charge in [-0.2, -0.15) is 13.1 Å². The van der Waals surface area contributed by atoms with E-state index < -0.39 is 10.0 Å². The Labute approximate surface area is 195 Å². The van der Waals surface area contributed by atoms with E-state index in [1.54, 1.807) is 36.4 Å². The van der Waals surface area contributed by atoms with Crippen LogP contribution < -0.4 is 14.8 Å². The summed E-state index contributed by atoms with van der Waals surface area (Å²) in [5, 5.41) is 2.88. The summed E-state index contributed by atoms with van der Waals surface area (Å²) in [5.74, 6) is 1.19. The second kappa shape index (κ2) is 9.21. The molecule has 0 aliphatic carbocycles. The van der Waals surface area contributed by atoms with Gasteiger partial charge in [-0.3, -0.25) is 4.79 Å². The molecule has 33 heavy (non-hydrogen) atoms. The summed E-state index contributed by atoms with van der Waals surface area (Å²) in [7, 11) is -3.65. The number of sulfonamides is 1.